The van der Waals surface area contributed by atoms with E-state index in [0.717, 1.165) is 22.3 Å². The van der Waals surface area contributed by atoms with Crippen molar-refractivity contribution in [3.05, 3.63) is 53.1 Å². The van der Waals surface area contributed by atoms with E-state index in [1.54, 1.807) is 17.9 Å². The third-order valence-corrected chi connectivity index (χ3v) is 3.54. The Balaban J connectivity index is 2.26. The summed E-state index contributed by atoms with van der Waals surface area (Å²) in [5.41, 5.74) is 2.79. The summed E-state index contributed by atoms with van der Waals surface area (Å²) in [4.78, 5) is 15.3. The number of H-pyrrole nitrogens is 1. The van der Waals surface area contributed by atoms with Gasteiger partial charge in [-0.15, -0.1) is 0 Å². The summed E-state index contributed by atoms with van der Waals surface area (Å²) in [6, 6.07) is 9.80. The molecule has 0 bridgehead atoms. The van der Waals surface area contributed by atoms with E-state index >= 15 is 0 Å². The molecule has 0 fully saturated rings. The molecule has 0 unspecified atom stereocenters. The van der Waals surface area contributed by atoms with Crippen LogP contribution in [0.3, 0.4) is 0 Å². The quantitative estimate of drug-likeness (QED) is 0.793. The molecular formula is C16H16N2O2. The molecule has 102 valence electrons. The number of nitrogens with zero attached hydrogens (tertiary/aromatic N) is 1. The van der Waals surface area contributed by atoms with Gasteiger partial charge >= 0.3 is 0 Å². The molecule has 0 aliphatic heterocycles. The predicted octanol–water partition coefficient (Wildman–Crippen LogP) is 3.03. The summed E-state index contributed by atoms with van der Waals surface area (Å²) < 4.78 is 6.90. The van der Waals surface area contributed by atoms with Crippen LogP contribution in [0.15, 0.2) is 47.5 Å². The number of benzene rings is 1. The van der Waals surface area contributed by atoms with Crippen LogP contribution < -0.4 is 10.3 Å². The normalized spacial score (nSPS) is 10.9. The minimum Gasteiger partial charge on any atom is -0.497 e. The Hall–Kier alpha value is -2.49. The average molecular weight is 268 g/mol. The topological polar surface area (TPSA) is 47.0 Å². The van der Waals surface area contributed by atoms with Crippen molar-refractivity contribution < 1.29 is 4.74 Å². The van der Waals surface area contributed by atoms with Crippen LogP contribution in [0, 0.1) is 0 Å². The molecular weight excluding hydrogens is 252 g/mol. The first-order valence-electron chi connectivity index (χ1n) is 6.59. The lowest BCUT2D eigenvalue weighted by atomic mass is 10.0. The summed E-state index contributed by atoms with van der Waals surface area (Å²) in [6.07, 6.45) is 3.72. The third-order valence-electron chi connectivity index (χ3n) is 3.54. The number of aryl methyl sites for hydroxylation is 1. The molecule has 0 radical (unpaired) electrons. The lowest BCUT2D eigenvalue weighted by Gasteiger charge is -2.09. The molecule has 0 aliphatic rings. The van der Waals surface area contributed by atoms with Gasteiger partial charge in [-0.25, -0.2) is 0 Å². The van der Waals surface area contributed by atoms with Crippen LogP contribution in [-0.2, 0) is 6.54 Å². The maximum Gasteiger partial charge on any atom is 0.274 e. The van der Waals surface area contributed by atoms with E-state index < -0.39 is 0 Å². The number of fused-ring (bicyclic) bond motifs is 1. The third kappa shape index (κ3) is 1.90. The Morgan fingerprint density at radius 2 is 1.95 bits per heavy atom. The summed E-state index contributed by atoms with van der Waals surface area (Å²) in [5, 5.41) is 0.949. The van der Waals surface area contributed by atoms with Crippen LogP contribution in [-0.4, -0.2) is 16.7 Å². The molecule has 20 heavy (non-hydrogen) atoms. The fraction of sp³-hybridized carbons (Fsp3) is 0.188. The summed E-state index contributed by atoms with van der Waals surface area (Å²) in [7, 11) is 1.65. The number of hydrogen-bond donors (Lipinski definition) is 1. The number of methoxy groups -OCH3 is 1. The second-order valence-corrected chi connectivity index (χ2v) is 4.63. The van der Waals surface area contributed by atoms with E-state index in [2.05, 4.69) is 4.98 Å². The van der Waals surface area contributed by atoms with Crippen LogP contribution in [0.1, 0.15) is 6.92 Å². The van der Waals surface area contributed by atoms with Gasteiger partial charge in [0.15, 0.2) is 0 Å². The molecule has 4 heteroatoms. The zero-order valence-electron chi connectivity index (χ0n) is 11.5. The Kier molecular flexibility index (Phi) is 3.06. The number of hydrogen-bond acceptors (Lipinski definition) is 2. The first-order valence-corrected chi connectivity index (χ1v) is 6.59. The highest BCUT2D eigenvalue weighted by Gasteiger charge is 2.10. The highest BCUT2D eigenvalue weighted by atomic mass is 16.5. The number of ether oxygens (including phenoxy) is 1. The number of aromatic amines is 1. The molecule has 2 heterocycles. The van der Waals surface area contributed by atoms with Crippen molar-refractivity contribution in [2.24, 2.45) is 0 Å². The Labute approximate surface area is 116 Å². The second-order valence-electron chi connectivity index (χ2n) is 4.63. The van der Waals surface area contributed by atoms with Gasteiger partial charge in [-0.2, -0.15) is 0 Å². The first kappa shape index (κ1) is 12.5. The van der Waals surface area contributed by atoms with Gasteiger partial charge < -0.3 is 14.3 Å². The van der Waals surface area contributed by atoms with Crippen LogP contribution in [0.4, 0.5) is 0 Å². The number of pyridine rings is 1. The van der Waals surface area contributed by atoms with Crippen molar-refractivity contribution in [2.75, 3.05) is 7.11 Å². The predicted molar refractivity (Wildman–Crippen MR) is 80.2 cm³/mol. The monoisotopic (exact) mass is 268 g/mol. The molecule has 3 rings (SSSR count). The molecule has 2 aromatic heterocycles. The molecule has 1 aromatic carbocycles. The number of nitrogens with one attached hydrogen (secondary N) is 1. The van der Waals surface area contributed by atoms with Crippen molar-refractivity contribution in [1.29, 1.82) is 0 Å². The summed E-state index contributed by atoms with van der Waals surface area (Å²) in [5.74, 6) is 0.822. The van der Waals surface area contributed by atoms with Gasteiger partial charge in [0.25, 0.3) is 5.56 Å². The molecule has 0 saturated carbocycles. The average Bonchev–Trinajstić information content (AvgIpc) is 2.98. The van der Waals surface area contributed by atoms with Gasteiger partial charge in [0.2, 0.25) is 0 Å². The number of aromatic nitrogens is 2. The van der Waals surface area contributed by atoms with E-state index in [0.29, 0.717) is 12.1 Å². The van der Waals surface area contributed by atoms with Crippen LogP contribution in [0.5, 0.6) is 5.75 Å². The molecule has 0 amide bonds. The van der Waals surface area contributed by atoms with Crippen molar-refractivity contribution in [3.8, 4) is 16.9 Å². The smallest absolute Gasteiger partial charge is 0.274 e. The fourth-order valence-electron chi connectivity index (χ4n) is 2.43. The van der Waals surface area contributed by atoms with E-state index in [1.807, 2.05) is 43.5 Å². The maximum absolute atomic E-state index is 12.2. The highest BCUT2D eigenvalue weighted by Crippen LogP contribution is 2.27. The van der Waals surface area contributed by atoms with Gasteiger partial charge in [0, 0.05) is 29.9 Å². The van der Waals surface area contributed by atoms with Crippen LogP contribution in [0.2, 0.25) is 0 Å². The van der Waals surface area contributed by atoms with Crippen molar-refractivity contribution in [3.63, 3.8) is 0 Å². The SMILES string of the molecule is CCn1cc(-c2ccc(OC)cc2)c2cc[nH]c2c1=O. The molecule has 3 aromatic rings. The Morgan fingerprint density at radius 1 is 1.20 bits per heavy atom. The maximum atomic E-state index is 12.2. The summed E-state index contributed by atoms with van der Waals surface area (Å²) in [6.45, 7) is 2.62. The zero-order valence-corrected chi connectivity index (χ0v) is 11.5. The van der Waals surface area contributed by atoms with E-state index in [-0.39, 0.29) is 5.56 Å². The van der Waals surface area contributed by atoms with Gasteiger partial charge in [-0.05, 0) is 30.7 Å². The Morgan fingerprint density at radius 3 is 2.60 bits per heavy atom. The molecule has 0 atom stereocenters. The minimum atomic E-state index is 0.0183. The standard InChI is InChI=1S/C16H16N2O2/c1-3-18-10-14(11-4-6-12(20-2)7-5-11)13-8-9-17-15(13)16(18)19/h4-10,17H,3H2,1-2H3. The lowest BCUT2D eigenvalue weighted by molar-refractivity contribution is 0.415. The van der Waals surface area contributed by atoms with Crippen molar-refractivity contribution in [2.45, 2.75) is 13.5 Å². The molecule has 4 nitrogen and oxygen atoms in total. The van der Waals surface area contributed by atoms with Gasteiger partial charge in [-0.3, -0.25) is 4.79 Å². The fourth-order valence-corrected chi connectivity index (χ4v) is 2.43. The number of rotatable bonds is 3. The van der Waals surface area contributed by atoms with Crippen molar-refractivity contribution in [1.82, 2.24) is 9.55 Å². The molecule has 0 aliphatic carbocycles. The van der Waals surface area contributed by atoms with Crippen LogP contribution in [0.25, 0.3) is 22.0 Å². The highest BCUT2D eigenvalue weighted by molar-refractivity contribution is 5.94. The van der Waals surface area contributed by atoms with E-state index in [9.17, 15) is 4.79 Å². The first-order chi connectivity index (χ1) is 9.74. The summed E-state index contributed by atoms with van der Waals surface area (Å²) >= 11 is 0. The Bertz CT molecular complexity index is 797. The second kappa shape index (κ2) is 4.89. The van der Waals surface area contributed by atoms with E-state index in [1.165, 1.54) is 0 Å². The largest absolute Gasteiger partial charge is 0.497 e. The lowest BCUT2D eigenvalue weighted by Crippen LogP contribution is -2.19. The molecule has 0 saturated heterocycles. The zero-order chi connectivity index (χ0) is 14.1. The van der Waals surface area contributed by atoms with Gasteiger partial charge in [0.1, 0.15) is 11.3 Å². The van der Waals surface area contributed by atoms with Gasteiger partial charge in [-0.1, -0.05) is 12.1 Å². The van der Waals surface area contributed by atoms with Crippen LogP contribution >= 0.6 is 0 Å². The van der Waals surface area contributed by atoms with Gasteiger partial charge in [0.05, 0.1) is 7.11 Å². The minimum absolute atomic E-state index is 0.0183. The van der Waals surface area contributed by atoms with E-state index in [4.69, 9.17) is 4.74 Å². The molecule has 0 spiro atoms. The molecule has 1 N–H and O–H groups in total. The van der Waals surface area contributed by atoms with Crippen molar-refractivity contribution >= 4 is 10.9 Å².